The molecule has 1 atom stereocenters. The number of rotatable bonds is 5. The van der Waals surface area contributed by atoms with Crippen molar-refractivity contribution in [3.05, 3.63) is 0 Å². The van der Waals surface area contributed by atoms with E-state index in [1.165, 1.54) is 0 Å². The van der Waals surface area contributed by atoms with Gasteiger partial charge >= 0.3 is 0 Å². The van der Waals surface area contributed by atoms with E-state index in [4.69, 9.17) is 10.6 Å². The number of nitrogens with one attached hydrogen (secondary N) is 1. The Morgan fingerprint density at radius 3 is 1.93 bits per heavy atom. The van der Waals surface area contributed by atoms with E-state index < -0.39 is 0 Å². The van der Waals surface area contributed by atoms with Crippen LogP contribution in [0.2, 0.25) is 0 Å². The highest BCUT2D eigenvalue weighted by molar-refractivity contribution is 5.16. The lowest BCUT2D eigenvalue weighted by molar-refractivity contribution is 0.0527. The lowest BCUT2D eigenvalue weighted by atomic mass is 10.0. The Kier molecular flexibility index (Phi) is 3.49. The highest BCUT2D eigenvalue weighted by Gasteiger charge is 2.66. The minimum Gasteiger partial charge on any atom is -0.377 e. The molecule has 1 fully saturated rings. The van der Waals surface area contributed by atoms with Crippen LogP contribution in [-0.4, -0.2) is 18.8 Å². The molecule has 1 aliphatic carbocycles. The van der Waals surface area contributed by atoms with E-state index in [1.807, 2.05) is 0 Å². The normalized spacial score (nSPS) is 25.6. The van der Waals surface area contributed by atoms with Crippen molar-refractivity contribution in [1.29, 1.82) is 0 Å². The number of ether oxygens (including phenoxy) is 1. The Hall–Kier alpha value is -0.120. The molecule has 15 heavy (non-hydrogen) atoms. The van der Waals surface area contributed by atoms with Crippen molar-refractivity contribution in [2.75, 3.05) is 6.61 Å². The van der Waals surface area contributed by atoms with Crippen LogP contribution in [0, 0.1) is 16.7 Å². The van der Waals surface area contributed by atoms with E-state index in [9.17, 15) is 0 Å². The Labute approximate surface area is 93.7 Å². The Morgan fingerprint density at radius 2 is 1.67 bits per heavy atom. The van der Waals surface area contributed by atoms with Crippen LogP contribution in [0.3, 0.4) is 0 Å². The van der Waals surface area contributed by atoms with Crippen LogP contribution in [0.25, 0.3) is 0 Å². The minimum absolute atomic E-state index is 0.261. The number of hydrogen-bond donors (Lipinski definition) is 2. The topological polar surface area (TPSA) is 47.3 Å². The van der Waals surface area contributed by atoms with Crippen LogP contribution in [-0.2, 0) is 4.74 Å². The SMILES string of the molecule is CC(C)OCC(NN)C1C(C)(C)C1(C)C. The van der Waals surface area contributed by atoms with Crippen molar-refractivity contribution in [2.45, 2.75) is 53.7 Å². The molecular formula is C12H26N2O. The summed E-state index contributed by atoms with van der Waals surface area (Å²) in [5.74, 6) is 6.20. The van der Waals surface area contributed by atoms with E-state index >= 15 is 0 Å². The zero-order valence-electron chi connectivity index (χ0n) is 10.9. The van der Waals surface area contributed by atoms with E-state index in [0.29, 0.717) is 23.4 Å². The molecule has 0 aromatic carbocycles. The molecule has 1 aliphatic rings. The second-order valence-electron chi connectivity index (χ2n) is 6.08. The van der Waals surface area contributed by atoms with Gasteiger partial charge in [0, 0.05) is 6.04 Å². The van der Waals surface area contributed by atoms with Crippen LogP contribution in [0.4, 0.5) is 0 Å². The lowest BCUT2D eigenvalue weighted by Crippen LogP contribution is -2.42. The average Bonchev–Trinajstić information content (AvgIpc) is 2.48. The molecule has 3 nitrogen and oxygen atoms in total. The minimum atomic E-state index is 0.261. The van der Waals surface area contributed by atoms with Crippen LogP contribution >= 0.6 is 0 Å². The molecule has 1 saturated carbocycles. The van der Waals surface area contributed by atoms with Gasteiger partial charge in [-0.05, 0) is 30.6 Å². The molecule has 1 unspecified atom stereocenters. The van der Waals surface area contributed by atoms with Crippen molar-refractivity contribution in [2.24, 2.45) is 22.6 Å². The van der Waals surface area contributed by atoms with Crippen molar-refractivity contribution >= 4 is 0 Å². The smallest absolute Gasteiger partial charge is 0.0639 e. The van der Waals surface area contributed by atoms with Gasteiger partial charge < -0.3 is 4.74 Å². The maximum atomic E-state index is 5.64. The predicted molar refractivity (Wildman–Crippen MR) is 63.3 cm³/mol. The fourth-order valence-electron chi connectivity index (χ4n) is 2.79. The number of hydrazine groups is 1. The first-order chi connectivity index (χ1) is 6.75. The molecule has 0 aromatic heterocycles. The van der Waals surface area contributed by atoms with Crippen LogP contribution in [0.1, 0.15) is 41.5 Å². The quantitative estimate of drug-likeness (QED) is 0.543. The standard InChI is InChI=1S/C12H26N2O/c1-8(2)15-7-9(14-13)10-11(3,4)12(10,5)6/h8-10,14H,7,13H2,1-6H3. The Morgan fingerprint density at radius 1 is 1.20 bits per heavy atom. The Balaban J connectivity index is 2.55. The largest absolute Gasteiger partial charge is 0.377 e. The first-order valence-electron chi connectivity index (χ1n) is 5.83. The van der Waals surface area contributed by atoms with E-state index in [-0.39, 0.29) is 12.1 Å². The Bertz CT molecular complexity index is 210. The molecule has 1 rings (SSSR count). The van der Waals surface area contributed by atoms with Crippen LogP contribution in [0.5, 0.6) is 0 Å². The van der Waals surface area contributed by atoms with Crippen molar-refractivity contribution in [3.8, 4) is 0 Å². The predicted octanol–water partition coefficient (Wildman–Crippen LogP) is 1.93. The van der Waals surface area contributed by atoms with Gasteiger partial charge in [0.15, 0.2) is 0 Å². The van der Waals surface area contributed by atoms with Crippen LogP contribution < -0.4 is 11.3 Å². The van der Waals surface area contributed by atoms with Gasteiger partial charge in [0.1, 0.15) is 0 Å². The van der Waals surface area contributed by atoms with Gasteiger partial charge in [0.25, 0.3) is 0 Å². The summed E-state index contributed by atoms with van der Waals surface area (Å²) in [6.07, 6.45) is 0.269. The van der Waals surface area contributed by atoms with Gasteiger partial charge in [0.05, 0.1) is 12.7 Å². The lowest BCUT2D eigenvalue weighted by Gasteiger charge is -2.19. The fourth-order valence-corrected chi connectivity index (χ4v) is 2.79. The molecule has 0 aromatic rings. The molecule has 0 bridgehead atoms. The zero-order chi connectivity index (χ0) is 11.9. The van der Waals surface area contributed by atoms with Crippen molar-refractivity contribution < 1.29 is 4.74 Å². The number of hydrogen-bond acceptors (Lipinski definition) is 3. The third-order valence-electron chi connectivity index (χ3n) is 4.36. The van der Waals surface area contributed by atoms with Gasteiger partial charge in [-0.2, -0.15) is 0 Å². The second kappa shape index (κ2) is 4.04. The van der Waals surface area contributed by atoms with Gasteiger partial charge in [0.2, 0.25) is 0 Å². The van der Waals surface area contributed by atoms with E-state index in [2.05, 4.69) is 47.0 Å². The van der Waals surface area contributed by atoms with Gasteiger partial charge in [-0.3, -0.25) is 11.3 Å². The molecule has 0 radical (unpaired) electrons. The summed E-state index contributed by atoms with van der Waals surface area (Å²) in [5, 5.41) is 0. The maximum Gasteiger partial charge on any atom is 0.0639 e. The average molecular weight is 214 g/mol. The highest BCUT2D eigenvalue weighted by atomic mass is 16.5. The molecular weight excluding hydrogens is 188 g/mol. The first kappa shape index (κ1) is 12.9. The molecule has 0 amide bonds. The molecule has 90 valence electrons. The van der Waals surface area contributed by atoms with Crippen molar-refractivity contribution in [1.82, 2.24) is 5.43 Å². The number of nitrogens with two attached hydrogens (primary N) is 1. The summed E-state index contributed by atoms with van der Waals surface area (Å²) in [4.78, 5) is 0. The first-order valence-corrected chi connectivity index (χ1v) is 5.83. The summed E-state index contributed by atoms with van der Waals surface area (Å²) < 4.78 is 5.64. The maximum absolute atomic E-state index is 5.64. The van der Waals surface area contributed by atoms with Gasteiger partial charge in [-0.15, -0.1) is 0 Å². The zero-order valence-corrected chi connectivity index (χ0v) is 10.9. The monoisotopic (exact) mass is 214 g/mol. The highest BCUT2D eigenvalue weighted by Crippen LogP contribution is 2.69. The van der Waals surface area contributed by atoms with E-state index in [0.717, 1.165) is 0 Å². The fraction of sp³-hybridized carbons (Fsp3) is 1.00. The van der Waals surface area contributed by atoms with E-state index in [1.54, 1.807) is 0 Å². The second-order valence-corrected chi connectivity index (χ2v) is 6.08. The van der Waals surface area contributed by atoms with Gasteiger partial charge in [-0.25, -0.2) is 0 Å². The molecule has 3 N–H and O–H groups in total. The summed E-state index contributed by atoms with van der Waals surface area (Å²) in [5.41, 5.74) is 3.61. The summed E-state index contributed by atoms with van der Waals surface area (Å²) >= 11 is 0. The third-order valence-corrected chi connectivity index (χ3v) is 4.36. The molecule has 0 saturated heterocycles. The van der Waals surface area contributed by atoms with Crippen molar-refractivity contribution in [3.63, 3.8) is 0 Å². The van der Waals surface area contributed by atoms with Gasteiger partial charge in [-0.1, -0.05) is 27.7 Å². The molecule has 0 spiro atoms. The summed E-state index contributed by atoms with van der Waals surface area (Å²) in [6, 6.07) is 0.261. The summed E-state index contributed by atoms with van der Waals surface area (Å²) in [7, 11) is 0. The molecule has 3 heteroatoms. The summed E-state index contributed by atoms with van der Waals surface area (Å²) in [6.45, 7) is 14.0. The molecule has 0 heterocycles. The van der Waals surface area contributed by atoms with Crippen LogP contribution in [0.15, 0.2) is 0 Å². The third kappa shape index (κ3) is 2.19. The molecule has 0 aliphatic heterocycles.